The highest BCUT2D eigenvalue weighted by atomic mass is 16.3. The van der Waals surface area contributed by atoms with E-state index in [9.17, 15) is 10.2 Å². The maximum Gasteiger partial charge on any atom is 0.147 e. The number of aliphatic hydroxyl groups excluding tert-OH is 3. The Morgan fingerprint density at radius 1 is 1.37 bits per heavy atom. The Bertz CT molecular complexity index is 557. The molecule has 0 aromatic carbocycles. The van der Waals surface area contributed by atoms with E-state index in [0.717, 1.165) is 0 Å². The first-order chi connectivity index (χ1) is 9.04. The van der Waals surface area contributed by atoms with Gasteiger partial charge in [0.2, 0.25) is 0 Å². The lowest BCUT2D eigenvalue weighted by Gasteiger charge is -2.21. The summed E-state index contributed by atoms with van der Waals surface area (Å²) in [4.78, 5) is 7.95. The van der Waals surface area contributed by atoms with Crippen LogP contribution in [0.1, 0.15) is 19.6 Å². The molecule has 7 heteroatoms. The summed E-state index contributed by atoms with van der Waals surface area (Å²) in [6, 6.07) is 1.72. The van der Waals surface area contributed by atoms with E-state index in [0.29, 0.717) is 16.9 Å². The molecule has 2 rings (SSSR count). The maximum atomic E-state index is 10.1. The second-order valence-electron chi connectivity index (χ2n) is 4.66. The minimum absolute atomic E-state index is 0.107. The molecule has 0 aliphatic carbocycles. The fourth-order valence-corrected chi connectivity index (χ4v) is 1.91. The predicted octanol–water partition coefficient (Wildman–Crippen LogP) is -0.116. The van der Waals surface area contributed by atoms with Crippen molar-refractivity contribution in [3.63, 3.8) is 0 Å². The van der Waals surface area contributed by atoms with Crippen molar-refractivity contribution in [2.24, 2.45) is 5.92 Å². The van der Waals surface area contributed by atoms with E-state index >= 15 is 0 Å². The summed E-state index contributed by atoms with van der Waals surface area (Å²) in [6.07, 6.45) is 1.35. The van der Waals surface area contributed by atoms with Crippen LogP contribution in [0.5, 0.6) is 0 Å². The van der Waals surface area contributed by atoms with Gasteiger partial charge in [-0.05, 0) is 6.07 Å². The summed E-state index contributed by atoms with van der Waals surface area (Å²) < 4.78 is 1.53. The summed E-state index contributed by atoms with van der Waals surface area (Å²) >= 11 is 0. The summed E-state index contributed by atoms with van der Waals surface area (Å²) in [5, 5.41) is 29.6. The molecule has 0 spiro atoms. The van der Waals surface area contributed by atoms with Gasteiger partial charge in [0.25, 0.3) is 0 Å². The number of hydrogen-bond acceptors (Lipinski definition) is 6. The third-order valence-electron chi connectivity index (χ3n) is 3.26. The highest BCUT2D eigenvalue weighted by Gasteiger charge is 2.20. The van der Waals surface area contributed by atoms with E-state index in [1.165, 1.54) is 10.9 Å². The summed E-state index contributed by atoms with van der Waals surface area (Å²) in [7, 11) is 0. The van der Waals surface area contributed by atoms with Gasteiger partial charge in [-0.15, -0.1) is 0 Å². The Balaban J connectivity index is 2.22. The van der Waals surface area contributed by atoms with Crippen molar-refractivity contribution in [2.45, 2.75) is 25.7 Å². The Labute approximate surface area is 110 Å². The molecular formula is C12H18N4O3. The molecule has 2 heterocycles. The monoisotopic (exact) mass is 266 g/mol. The van der Waals surface area contributed by atoms with Crippen molar-refractivity contribution in [3.8, 4) is 0 Å². The fourth-order valence-electron chi connectivity index (χ4n) is 1.91. The van der Waals surface area contributed by atoms with Gasteiger partial charge >= 0.3 is 0 Å². The van der Waals surface area contributed by atoms with Crippen LogP contribution in [0, 0.1) is 5.92 Å². The molecule has 0 amide bonds. The SMILES string of the molecule is CC(CO)C(O)CC(O)n1ccc2c(N)ncnc21. The van der Waals surface area contributed by atoms with Crippen LogP contribution in [0.4, 0.5) is 5.82 Å². The summed E-state index contributed by atoms with van der Waals surface area (Å²) in [5.41, 5.74) is 6.23. The molecule has 0 saturated heterocycles. The third-order valence-corrected chi connectivity index (χ3v) is 3.26. The standard InChI is InChI=1S/C12H18N4O3/c1-7(5-17)9(18)4-10(19)16-3-2-8-11(13)14-6-15-12(8)16/h2-3,6-7,9-10,17-19H,4-5H2,1H3,(H2,13,14,15). The van der Waals surface area contributed by atoms with Gasteiger partial charge in [-0.3, -0.25) is 0 Å². The second kappa shape index (κ2) is 5.52. The van der Waals surface area contributed by atoms with Crippen LogP contribution in [0.2, 0.25) is 0 Å². The van der Waals surface area contributed by atoms with Crippen molar-refractivity contribution in [1.82, 2.24) is 14.5 Å². The van der Waals surface area contributed by atoms with Crippen molar-refractivity contribution in [1.29, 1.82) is 0 Å². The molecule has 19 heavy (non-hydrogen) atoms. The molecule has 0 aliphatic heterocycles. The van der Waals surface area contributed by atoms with Gasteiger partial charge < -0.3 is 25.6 Å². The first-order valence-corrected chi connectivity index (χ1v) is 6.08. The topological polar surface area (TPSA) is 117 Å². The van der Waals surface area contributed by atoms with Crippen LogP contribution in [0.15, 0.2) is 18.6 Å². The number of aromatic nitrogens is 3. The Kier molecular flexibility index (Phi) is 3.98. The molecular weight excluding hydrogens is 248 g/mol. The minimum atomic E-state index is -0.934. The molecule has 0 saturated carbocycles. The number of fused-ring (bicyclic) bond motifs is 1. The Hall–Kier alpha value is -1.70. The van der Waals surface area contributed by atoms with Crippen LogP contribution in [-0.2, 0) is 0 Å². The molecule has 3 atom stereocenters. The zero-order chi connectivity index (χ0) is 14.0. The number of rotatable bonds is 5. The van der Waals surface area contributed by atoms with Crippen molar-refractivity contribution in [2.75, 3.05) is 12.3 Å². The summed E-state index contributed by atoms with van der Waals surface area (Å²) in [5.74, 6) is 0.0522. The van der Waals surface area contributed by atoms with Gasteiger partial charge in [-0.1, -0.05) is 6.92 Å². The number of nitrogen functional groups attached to an aromatic ring is 1. The van der Waals surface area contributed by atoms with Crippen molar-refractivity contribution in [3.05, 3.63) is 18.6 Å². The number of nitrogens with zero attached hydrogens (tertiary/aromatic N) is 3. The van der Waals surface area contributed by atoms with E-state index < -0.39 is 12.3 Å². The average molecular weight is 266 g/mol. The lowest BCUT2D eigenvalue weighted by atomic mass is 10.0. The lowest BCUT2D eigenvalue weighted by molar-refractivity contribution is 0.00350. The molecule has 5 N–H and O–H groups in total. The largest absolute Gasteiger partial charge is 0.396 e. The van der Waals surface area contributed by atoms with E-state index in [1.54, 1.807) is 19.2 Å². The molecule has 0 aliphatic rings. The molecule has 2 aromatic heterocycles. The van der Waals surface area contributed by atoms with Gasteiger partial charge in [0, 0.05) is 25.1 Å². The van der Waals surface area contributed by atoms with Crippen molar-refractivity contribution >= 4 is 16.9 Å². The van der Waals surface area contributed by atoms with Crippen LogP contribution in [0.3, 0.4) is 0 Å². The number of nitrogens with two attached hydrogens (primary N) is 1. The number of hydrogen-bond donors (Lipinski definition) is 4. The van der Waals surface area contributed by atoms with Gasteiger partial charge in [0.1, 0.15) is 24.0 Å². The fraction of sp³-hybridized carbons (Fsp3) is 0.500. The van der Waals surface area contributed by atoms with E-state index in [1.807, 2.05) is 0 Å². The molecule has 0 fully saturated rings. The Morgan fingerprint density at radius 3 is 2.79 bits per heavy atom. The van der Waals surface area contributed by atoms with E-state index in [2.05, 4.69) is 9.97 Å². The molecule has 104 valence electrons. The molecule has 2 aromatic rings. The van der Waals surface area contributed by atoms with Crippen LogP contribution in [-0.4, -0.2) is 42.6 Å². The third kappa shape index (κ3) is 2.67. The highest BCUT2D eigenvalue weighted by molar-refractivity contribution is 5.86. The van der Waals surface area contributed by atoms with E-state index in [4.69, 9.17) is 10.8 Å². The molecule has 0 radical (unpaired) electrons. The summed E-state index contributed by atoms with van der Waals surface area (Å²) in [6.45, 7) is 1.58. The number of anilines is 1. The quantitative estimate of drug-likeness (QED) is 0.599. The van der Waals surface area contributed by atoms with Crippen LogP contribution >= 0.6 is 0 Å². The first kappa shape index (κ1) is 13.7. The first-order valence-electron chi connectivity index (χ1n) is 6.08. The van der Waals surface area contributed by atoms with Crippen LogP contribution < -0.4 is 5.73 Å². The molecule has 7 nitrogen and oxygen atoms in total. The number of aliphatic hydroxyl groups is 3. The second-order valence-corrected chi connectivity index (χ2v) is 4.66. The normalized spacial score (nSPS) is 16.4. The maximum absolute atomic E-state index is 10.1. The lowest BCUT2D eigenvalue weighted by Crippen LogP contribution is -2.25. The average Bonchev–Trinajstić information content (AvgIpc) is 2.83. The van der Waals surface area contributed by atoms with Gasteiger partial charge in [0.15, 0.2) is 0 Å². The predicted molar refractivity (Wildman–Crippen MR) is 70.1 cm³/mol. The van der Waals surface area contributed by atoms with Gasteiger partial charge in [-0.2, -0.15) is 0 Å². The molecule has 0 bridgehead atoms. The molecule has 3 unspecified atom stereocenters. The van der Waals surface area contributed by atoms with Crippen molar-refractivity contribution < 1.29 is 15.3 Å². The minimum Gasteiger partial charge on any atom is -0.396 e. The zero-order valence-corrected chi connectivity index (χ0v) is 10.6. The van der Waals surface area contributed by atoms with E-state index in [-0.39, 0.29) is 18.9 Å². The smallest absolute Gasteiger partial charge is 0.147 e. The van der Waals surface area contributed by atoms with Gasteiger partial charge in [0.05, 0.1) is 11.5 Å². The zero-order valence-electron chi connectivity index (χ0n) is 10.6. The Morgan fingerprint density at radius 2 is 2.11 bits per heavy atom. The van der Waals surface area contributed by atoms with Gasteiger partial charge in [-0.25, -0.2) is 9.97 Å². The highest BCUT2D eigenvalue weighted by Crippen LogP contribution is 2.23. The van der Waals surface area contributed by atoms with Crippen LogP contribution in [0.25, 0.3) is 11.0 Å².